The summed E-state index contributed by atoms with van der Waals surface area (Å²) in [7, 11) is 0. The molecule has 19 heavy (non-hydrogen) atoms. The molecule has 1 heterocycles. The third-order valence-electron chi connectivity index (χ3n) is 5.55. The van der Waals surface area contributed by atoms with Crippen LogP contribution in [0, 0.1) is 11.8 Å². The van der Waals surface area contributed by atoms with Crippen molar-refractivity contribution in [1.82, 2.24) is 5.32 Å². The van der Waals surface area contributed by atoms with Crippen LogP contribution in [0.5, 0.6) is 0 Å². The maximum Gasteiger partial charge on any atom is 0.0817 e. The van der Waals surface area contributed by atoms with Crippen molar-refractivity contribution in [2.45, 2.75) is 82.8 Å². The van der Waals surface area contributed by atoms with Gasteiger partial charge in [0.1, 0.15) is 0 Å². The first kappa shape index (κ1) is 13.9. The Hall–Kier alpha value is -0.0800. The van der Waals surface area contributed by atoms with E-state index < -0.39 is 0 Å². The van der Waals surface area contributed by atoms with Gasteiger partial charge in [0, 0.05) is 13.1 Å². The van der Waals surface area contributed by atoms with Gasteiger partial charge in [0.05, 0.1) is 11.2 Å². The number of hydrogen-bond acceptors (Lipinski definition) is 2. The average molecular weight is 265 g/mol. The van der Waals surface area contributed by atoms with E-state index in [-0.39, 0.29) is 11.2 Å². The molecule has 0 aromatic rings. The summed E-state index contributed by atoms with van der Waals surface area (Å²) in [5, 5.41) is 3.73. The van der Waals surface area contributed by atoms with Crippen LogP contribution in [0.15, 0.2) is 0 Å². The predicted octanol–water partition coefficient (Wildman–Crippen LogP) is 3.89. The summed E-state index contributed by atoms with van der Waals surface area (Å²) >= 11 is 0. The monoisotopic (exact) mass is 265 g/mol. The van der Waals surface area contributed by atoms with E-state index in [2.05, 4.69) is 19.2 Å². The van der Waals surface area contributed by atoms with Gasteiger partial charge in [-0.2, -0.15) is 0 Å². The average Bonchev–Trinajstić information content (AvgIpc) is 2.76. The standard InChI is InChI=1S/C17H31NO/c1-14(2)10-15-6-5-9-17(11-15)13-18-12-16(19-17)7-3-4-8-16/h14-15,18H,3-13H2,1-2H3. The third-order valence-corrected chi connectivity index (χ3v) is 5.55. The molecule has 1 aliphatic heterocycles. The normalized spacial score (nSPS) is 38.4. The minimum Gasteiger partial charge on any atom is -0.366 e. The van der Waals surface area contributed by atoms with Crippen LogP contribution in [-0.4, -0.2) is 24.3 Å². The fourth-order valence-corrected chi connectivity index (χ4v) is 4.91. The van der Waals surface area contributed by atoms with Crippen molar-refractivity contribution in [2.24, 2.45) is 11.8 Å². The van der Waals surface area contributed by atoms with Crippen molar-refractivity contribution in [2.75, 3.05) is 13.1 Å². The zero-order chi connectivity index (χ0) is 13.3. The summed E-state index contributed by atoms with van der Waals surface area (Å²) in [5.74, 6) is 1.73. The van der Waals surface area contributed by atoms with Crippen LogP contribution in [0.25, 0.3) is 0 Å². The van der Waals surface area contributed by atoms with E-state index in [0.717, 1.165) is 24.9 Å². The Morgan fingerprint density at radius 3 is 2.47 bits per heavy atom. The summed E-state index contributed by atoms with van der Waals surface area (Å²) in [5.41, 5.74) is 0.387. The lowest BCUT2D eigenvalue weighted by Crippen LogP contribution is -2.60. The van der Waals surface area contributed by atoms with E-state index in [1.807, 2.05) is 0 Å². The minimum atomic E-state index is 0.181. The maximum absolute atomic E-state index is 6.81. The Morgan fingerprint density at radius 1 is 1.05 bits per heavy atom. The molecule has 0 aromatic carbocycles. The number of nitrogens with one attached hydrogen (secondary N) is 1. The molecule has 0 bridgehead atoms. The van der Waals surface area contributed by atoms with Gasteiger partial charge in [-0.3, -0.25) is 0 Å². The second kappa shape index (κ2) is 5.37. The molecule has 0 aromatic heterocycles. The highest BCUT2D eigenvalue weighted by atomic mass is 16.5. The topological polar surface area (TPSA) is 21.3 Å². The van der Waals surface area contributed by atoms with Crippen molar-refractivity contribution in [3.63, 3.8) is 0 Å². The lowest BCUT2D eigenvalue weighted by Gasteiger charge is -2.51. The van der Waals surface area contributed by atoms with Crippen LogP contribution >= 0.6 is 0 Å². The molecular weight excluding hydrogens is 234 g/mol. The fraction of sp³-hybridized carbons (Fsp3) is 1.00. The number of ether oxygens (including phenoxy) is 1. The molecule has 2 aliphatic carbocycles. The van der Waals surface area contributed by atoms with Crippen molar-refractivity contribution in [3.8, 4) is 0 Å². The van der Waals surface area contributed by atoms with Crippen LogP contribution in [0.2, 0.25) is 0 Å². The first-order chi connectivity index (χ1) is 9.12. The molecule has 1 saturated heterocycles. The molecule has 110 valence electrons. The van der Waals surface area contributed by atoms with Gasteiger partial charge in [-0.05, 0) is 43.9 Å². The number of hydrogen-bond donors (Lipinski definition) is 1. The lowest BCUT2D eigenvalue weighted by molar-refractivity contribution is -0.195. The fourth-order valence-electron chi connectivity index (χ4n) is 4.91. The highest BCUT2D eigenvalue weighted by Crippen LogP contribution is 2.45. The van der Waals surface area contributed by atoms with Crippen LogP contribution in [0.1, 0.15) is 71.6 Å². The van der Waals surface area contributed by atoms with E-state index in [9.17, 15) is 0 Å². The Kier molecular flexibility index (Phi) is 3.92. The zero-order valence-electron chi connectivity index (χ0n) is 12.8. The Balaban J connectivity index is 1.67. The van der Waals surface area contributed by atoms with E-state index in [1.165, 1.54) is 57.8 Å². The molecule has 2 heteroatoms. The summed E-state index contributed by atoms with van der Waals surface area (Å²) in [6.07, 6.45) is 12.1. The SMILES string of the molecule is CC(C)CC1CCCC2(CNCC3(CCCC3)O2)C1. The molecule has 1 N–H and O–H groups in total. The van der Waals surface area contributed by atoms with Crippen LogP contribution in [0.3, 0.4) is 0 Å². The summed E-state index contributed by atoms with van der Waals surface area (Å²) in [4.78, 5) is 0. The van der Waals surface area contributed by atoms with Gasteiger partial charge in [0.25, 0.3) is 0 Å². The minimum absolute atomic E-state index is 0.181. The molecule has 2 nitrogen and oxygen atoms in total. The summed E-state index contributed by atoms with van der Waals surface area (Å²) < 4.78 is 6.81. The highest BCUT2D eigenvalue weighted by Gasteiger charge is 2.48. The Bertz CT molecular complexity index is 304. The van der Waals surface area contributed by atoms with Gasteiger partial charge in [-0.25, -0.2) is 0 Å². The first-order valence-electron chi connectivity index (χ1n) is 8.52. The van der Waals surface area contributed by atoms with Gasteiger partial charge < -0.3 is 10.1 Å². The van der Waals surface area contributed by atoms with Crippen molar-refractivity contribution in [1.29, 1.82) is 0 Å². The quantitative estimate of drug-likeness (QED) is 0.818. The van der Waals surface area contributed by atoms with Crippen LogP contribution in [-0.2, 0) is 4.74 Å². The molecule has 0 amide bonds. The van der Waals surface area contributed by atoms with Crippen LogP contribution in [0.4, 0.5) is 0 Å². The first-order valence-corrected chi connectivity index (χ1v) is 8.52. The van der Waals surface area contributed by atoms with E-state index in [0.29, 0.717) is 0 Å². The molecular formula is C17H31NO. The Morgan fingerprint density at radius 2 is 1.74 bits per heavy atom. The third kappa shape index (κ3) is 3.00. The highest BCUT2D eigenvalue weighted by molar-refractivity contribution is 5.01. The predicted molar refractivity (Wildman–Crippen MR) is 79.3 cm³/mol. The molecule has 2 saturated carbocycles. The molecule has 3 aliphatic rings. The molecule has 2 unspecified atom stereocenters. The van der Waals surface area contributed by atoms with Gasteiger partial charge in [0.15, 0.2) is 0 Å². The van der Waals surface area contributed by atoms with Crippen molar-refractivity contribution >= 4 is 0 Å². The largest absolute Gasteiger partial charge is 0.366 e. The Labute approximate surface area is 118 Å². The zero-order valence-corrected chi connectivity index (χ0v) is 12.8. The second-order valence-electron chi connectivity index (χ2n) is 7.87. The van der Waals surface area contributed by atoms with Gasteiger partial charge in [0.2, 0.25) is 0 Å². The molecule has 2 atom stereocenters. The molecule has 0 radical (unpaired) electrons. The maximum atomic E-state index is 6.81. The van der Waals surface area contributed by atoms with Crippen molar-refractivity contribution in [3.05, 3.63) is 0 Å². The molecule has 3 rings (SSSR count). The van der Waals surface area contributed by atoms with E-state index in [1.54, 1.807) is 0 Å². The van der Waals surface area contributed by atoms with Gasteiger partial charge in [-0.1, -0.05) is 39.5 Å². The van der Waals surface area contributed by atoms with E-state index in [4.69, 9.17) is 4.74 Å². The van der Waals surface area contributed by atoms with Crippen LogP contribution < -0.4 is 5.32 Å². The smallest absolute Gasteiger partial charge is 0.0817 e. The number of rotatable bonds is 2. The summed E-state index contributed by atoms with van der Waals surface area (Å²) in [6, 6.07) is 0. The van der Waals surface area contributed by atoms with Crippen molar-refractivity contribution < 1.29 is 4.74 Å². The lowest BCUT2D eigenvalue weighted by atomic mass is 9.73. The second-order valence-corrected chi connectivity index (χ2v) is 7.87. The molecule has 2 spiro atoms. The summed E-state index contributed by atoms with van der Waals surface area (Å²) in [6.45, 7) is 6.92. The number of morpholine rings is 1. The van der Waals surface area contributed by atoms with Gasteiger partial charge >= 0.3 is 0 Å². The van der Waals surface area contributed by atoms with E-state index >= 15 is 0 Å². The van der Waals surface area contributed by atoms with Gasteiger partial charge in [-0.15, -0.1) is 0 Å². The molecule has 3 fully saturated rings.